The number of carbonyl (C=O) groups is 1. The molecule has 0 aliphatic rings. The van der Waals surface area contributed by atoms with Gasteiger partial charge in [-0.2, -0.15) is 0 Å². The number of nitrogens with one attached hydrogen (secondary N) is 2. The maximum atomic E-state index is 12.0. The maximum Gasteiger partial charge on any atom is 0.269 e. The Morgan fingerprint density at radius 1 is 1.48 bits per heavy atom. The highest BCUT2D eigenvalue weighted by Gasteiger charge is 2.22. The summed E-state index contributed by atoms with van der Waals surface area (Å²) in [6.45, 7) is 1.11. The number of anilines is 1. The van der Waals surface area contributed by atoms with E-state index >= 15 is 0 Å². The minimum atomic E-state index is -3.87. The van der Waals surface area contributed by atoms with Gasteiger partial charge in [0.05, 0.1) is 0 Å². The molecule has 0 radical (unpaired) electrons. The van der Waals surface area contributed by atoms with Crippen LogP contribution < -0.4 is 10.0 Å². The third-order valence-corrected chi connectivity index (χ3v) is 5.86. The van der Waals surface area contributed by atoms with Crippen molar-refractivity contribution in [2.45, 2.75) is 17.4 Å². The van der Waals surface area contributed by atoms with Crippen molar-refractivity contribution in [1.82, 2.24) is 14.9 Å². The lowest BCUT2D eigenvalue weighted by atomic mass is 10.3. The van der Waals surface area contributed by atoms with E-state index in [0.29, 0.717) is 4.88 Å². The Morgan fingerprint density at radius 2 is 2.24 bits per heavy atom. The van der Waals surface area contributed by atoms with Crippen LogP contribution in [0.4, 0.5) is 5.13 Å². The van der Waals surface area contributed by atoms with E-state index in [2.05, 4.69) is 20.2 Å². The zero-order valence-electron chi connectivity index (χ0n) is 10.8. The van der Waals surface area contributed by atoms with Crippen LogP contribution in [0.1, 0.15) is 17.9 Å². The first kappa shape index (κ1) is 16.0. The fraction of sp³-hybridized carbons (Fsp3) is 0.300. The lowest BCUT2D eigenvalue weighted by Gasteiger charge is -2.08. The number of aliphatic hydroxyl groups is 1. The summed E-state index contributed by atoms with van der Waals surface area (Å²) < 4.78 is 25.9. The second-order valence-corrected chi connectivity index (χ2v) is 7.83. The Balaban J connectivity index is 2.01. The van der Waals surface area contributed by atoms with Gasteiger partial charge in [-0.05, 0) is 11.4 Å². The van der Waals surface area contributed by atoms with E-state index in [-0.39, 0.29) is 21.9 Å². The number of amides is 1. The van der Waals surface area contributed by atoms with E-state index in [4.69, 9.17) is 0 Å². The number of nitrogens with zero attached hydrogens (tertiary/aromatic N) is 2. The number of hydrogen-bond acceptors (Lipinski definition) is 8. The molecule has 0 aliphatic carbocycles. The summed E-state index contributed by atoms with van der Waals surface area (Å²) in [6, 6.07) is 3.48. The van der Waals surface area contributed by atoms with Crippen LogP contribution in [0.5, 0.6) is 0 Å². The zero-order valence-corrected chi connectivity index (χ0v) is 13.3. The summed E-state index contributed by atoms with van der Waals surface area (Å²) >= 11 is 2.06. The molecular weight excluding hydrogens is 336 g/mol. The van der Waals surface area contributed by atoms with Crippen LogP contribution in [0.3, 0.4) is 0 Å². The number of aliphatic hydroxyl groups excluding tert-OH is 1. The molecule has 2 aromatic heterocycles. The first-order valence-electron chi connectivity index (χ1n) is 5.71. The molecule has 2 heterocycles. The first-order valence-corrected chi connectivity index (χ1v) is 8.88. The molecule has 8 nitrogen and oxygen atoms in total. The normalized spacial score (nSPS) is 13.0. The van der Waals surface area contributed by atoms with Crippen LogP contribution in [0.25, 0.3) is 0 Å². The van der Waals surface area contributed by atoms with Crippen LogP contribution in [0.15, 0.2) is 21.9 Å². The zero-order chi connectivity index (χ0) is 15.5. The van der Waals surface area contributed by atoms with Gasteiger partial charge in [0.1, 0.15) is 6.10 Å². The minimum absolute atomic E-state index is 0.0988. The van der Waals surface area contributed by atoms with Crippen molar-refractivity contribution < 1.29 is 18.3 Å². The number of carbonyl (C=O) groups excluding carboxylic acids is 1. The van der Waals surface area contributed by atoms with E-state index in [1.807, 2.05) is 0 Å². The smallest absolute Gasteiger partial charge is 0.269 e. The monoisotopic (exact) mass is 348 g/mol. The minimum Gasteiger partial charge on any atom is -0.386 e. The second kappa shape index (κ2) is 6.58. The topological polar surface area (TPSA) is 121 Å². The molecule has 114 valence electrons. The number of thiophene rings is 1. The van der Waals surface area contributed by atoms with Crippen LogP contribution in [-0.2, 0) is 14.8 Å². The highest BCUT2D eigenvalue weighted by molar-refractivity contribution is 7.91. The van der Waals surface area contributed by atoms with E-state index in [0.717, 1.165) is 11.3 Å². The van der Waals surface area contributed by atoms with Gasteiger partial charge in [-0.1, -0.05) is 17.4 Å². The lowest BCUT2D eigenvalue weighted by Crippen LogP contribution is -2.28. The van der Waals surface area contributed by atoms with Crippen molar-refractivity contribution in [2.75, 3.05) is 11.9 Å². The van der Waals surface area contributed by atoms with Crippen molar-refractivity contribution in [3.05, 3.63) is 22.4 Å². The van der Waals surface area contributed by atoms with E-state index in [9.17, 15) is 18.3 Å². The molecule has 1 unspecified atom stereocenters. The van der Waals surface area contributed by atoms with E-state index in [1.165, 1.54) is 18.3 Å². The average molecular weight is 348 g/mol. The Labute approximate surface area is 128 Å². The summed E-state index contributed by atoms with van der Waals surface area (Å²) in [5, 5.41) is 21.1. The molecule has 0 aromatic carbocycles. The van der Waals surface area contributed by atoms with Crippen LogP contribution >= 0.6 is 22.7 Å². The third kappa shape index (κ3) is 4.28. The molecule has 0 aliphatic heterocycles. The number of aromatic nitrogens is 2. The highest BCUT2D eigenvalue weighted by Crippen LogP contribution is 2.21. The van der Waals surface area contributed by atoms with Gasteiger partial charge in [-0.25, -0.2) is 13.1 Å². The van der Waals surface area contributed by atoms with Gasteiger partial charge in [0, 0.05) is 18.3 Å². The molecule has 1 amide bonds. The van der Waals surface area contributed by atoms with Crippen LogP contribution in [0, 0.1) is 0 Å². The summed E-state index contributed by atoms with van der Waals surface area (Å²) in [7, 11) is -3.87. The molecular formula is C10H12N4O4S3. The fourth-order valence-corrected chi connectivity index (χ4v) is 4.09. The molecule has 0 fully saturated rings. The Hall–Kier alpha value is -1.40. The Kier molecular flexibility index (Phi) is 5.00. The molecule has 1 atom stereocenters. The van der Waals surface area contributed by atoms with Crippen molar-refractivity contribution in [3.63, 3.8) is 0 Å². The third-order valence-electron chi connectivity index (χ3n) is 2.26. The van der Waals surface area contributed by atoms with Crippen molar-refractivity contribution >= 4 is 43.7 Å². The van der Waals surface area contributed by atoms with E-state index in [1.54, 1.807) is 17.5 Å². The van der Waals surface area contributed by atoms with Gasteiger partial charge in [0.25, 0.3) is 10.0 Å². The highest BCUT2D eigenvalue weighted by atomic mass is 32.2. The van der Waals surface area contributed by atoms with Crippen molar-refractivity contribution in [1.29, 1.82) is 0 Å². The molecule has 21 heavy (non-hydrogen) atoms. The molecule has 2 aromatic rings. The molecule has 0 saturated carbocycles. The molecule has 11 heteroatoms. The van der Waals surface area contributed by atoms with Gasteiger partial charge in [-0.15, -0.1) is 21.5 Å². The van der Waals surface area contributed by atoms with Gasteiger partial charge < -0.3 is 10.4 Å². The number of hydrogen-bond donors (Lipinski definition) is 3. The summed E-state index contributed by atoms with van der Waals surface area (Å²) in [4.78, 5) is 11.5. The maximum absolute atomic E-state index is 12.0. The molecule has 2 rings (SSSR count). The average Bonchev–Trinajstić information content (AvgIpc) is 3.06. The lowest BCUT2D eigenvalue weighted by molar-refractivity contribution is -0.114. The molecule has 0 saturated heterocycles. The van der Waals surface area contributed by atoms with Gasteiger partial charge in [0.15, 0.2) is 0 Å². The Morgan fingerprint density at radius 3 is 2.86 bits per heavy atom. The number of rotatable bonds is 6. The van der Waals surface area contributed by atoms with Crippen molar-refractivity contribution in [2.24, 2.45) is 0 Å². The van der Waals surface area contributed by atoms with Gasteiger partial charge in [-0.3, -0.25) is 4.79 Å². The second-order valence-electron chi connectivity index (χ2n) is 3.94. The SMILES string of the molecule is CC(=O)Nc1nnc(S(=O)(=O)NCC(O)c2cccs2)s1. The molecule has 3 N–H and O–H groups in total. The molecule has 0 spiro atoms. The standard InChI is InChI=1S/C10H12N4O4S3/c1-6(15)12-9-13-14-10(20-9)21(17,18)11-5-7(16)8-3-2-4-19-8/h2-4,7,11,16H,5H2,1H3,(H,12,13,15). The summed E-state index contributed by atoms with van der Waals surface area (Å²) in [5.41, 5.74) is 0. The molecule has 0 bridgehead atoms. The summed E-state index contributed by atoms with van der Waals surface area (Å²) in [6.07, 6.45) is -0.928. The quantitative estimate of drug-likeness (QED) is 0.656. The predicted molar refractivity (Wildman–Crippen MR) is 78.7 cm³/mol. The van der Waals surface area contributed by atoms with Crippen LogP contribution in [-0.4, -0.2) is 36.2 Å². The van der Waals surface area contributed by atoms with Crippen LogP contribution in [0.2, 0.25) is 0 Å². The Bertz CT molecular complexity index is 711. The first-order chi connectivity index (χ1) is 9.88. The van der Waals surface area contributed by atoms with Gasteiger partial charge in [0.2, 0.25) is 15.4 Å². The largest absolute Gasteiger partial charge is 0.386 e. The predicted octanol–water partition coefficient (Wildman–Crippen LogP) is 0.570. The van der Waals surface area contributed by atoms with Crippen molar-refractivity contribution in [3.8, 4) is 0 Å². The summed E-state index contributed by atoms with van der Waals surface area (Å²) in [5.74, 6) is -0.365. The van der Waals surface area contributed by atoms with E-state index < -0.39 is 16.1 Å². The van der Waals surface area contributed by atoms with Gasteiger partial charge >= 0.3 is 0 Å². The number of sulfonamides is 1. The fourth-order valence-electron chi connectivity index (χ4n) is 1.35.